The average Bonchev–Trinajstić information content (AvgIpc) is 3.64. The Morgan fingerprint density at radius 3 is 2.45 bits per heavy atom. The minimum Gasteiger partial charge on any atom is -0.455 e. The van der Waals surface area contributed by atoms with Gasteiger partial charge in [-0.15, -0.1) is 0 Å². The van der Waals surface area contributed by atoms with Gasteiger partial charge in [0.25, 0.3) is 0 Å². The highest BCUT2D eigenvalue weighted by molar-refractivity contribution is 9.11. The van der Waals surface area contributed by atoms with Crippen molar-refractivity contribution in [1.82, 2.24) is 15.1 Å². The van der Waals surface area contributed by atoms with Crippen LogP contribution >= 0.6 is 15.9 Å². The molecule has 0 saturated carbocycles. The van der Waals surface area contributed by atoms with Crippen molar-refractivity contribution in [3.8, 4) is 0 Å². The number of aliphatic hydroxyl groups is 1. The Balaban J connectivity index is 1.66. The van der Waals surface area contributed by atoms with E-state index in [9.17, 15) is 24.3 Å². The molecule has 1 spiro atoms. The van der Waals surface area contributed by atoms with Crippen molar-refractivity contribution in [2.45, 2.75) is 88.9 Å². The van der Waals surface area contributed by atoms with Crippen LogP contribution in [0.25, 0.3) is 0 Å². The molecule has 4 aliphatic rings. The van der Waals surface area contributed by atoms with Gasteiger partial charge in [-0.05, 0) is 37.8 Å². The highest BCUT2D eigenvalue weighted by Crippen LogP contribution is 2.59. The lowest BCUT2D eigenvalue weighted by Crippen LogP contribution is -2.60. The standard InChI is InChI=1S/C35H46BrN3O8/c1-6-21(4)25(18-40)39-31-33(43)38(20(2)3)16-12-8-11-15-26(41)37-24(19-45-5)29(22-13-9-7-10-14-22)46-34(44)27-28(32(39)42)35(31)17-23(36)30(27)47-35/h7-10,12-14,17,20-21,24-25,27-31,40H,6,11,15-16,18-19H2,1-5H3,(H,37,41)/b12-8-/t21-,24+,25-,27-,28+,29+,30-,31-,35+/m0/s1. The van der Waals surface area contributed by atoms with E-state index < -0.39 is 59.6 Å². The van der Waals surface area contributed by atoms with Crippen LogP contribution in [0.3, 0.4) is 0 Å². The van der Waals surface area contributed by atoms with E-state index in [0.717, 1.165) is 0 Å². The molecule has 11 nitrogen and oxygen atoms in total. The molecular weight excluding hydrogens is 670 g/mol. The minimum absolute atomic E-state index is 0.0652. The van der Waals surface area contributed by atoms with Crippen LogP contribution < -0.4 is 5.32 Å². The zero-order valence-electron chi connectivity index (χ0n) is 27.6. The van der Waals surface area contributed by atoms with Crippen LogP contribution in [0.15, 0.2) is 53.0 Å². The maximum absolute atomic E-state index is 14.7. The number of carbonyl (C=O) groups excluding carboxylic acids is 4. The molecule has 2 fully saturated rings. The second-order valence-corrected chi connectivity index (χ2v) is 14.1. The first-order chi connectivity index (χ1) is 22.5. The molecule has 0 unspecified atom stereocenters. The summed E-state index contributed by atoms with van der Waals surface area (Å²) in [5.41, 5.74) is -0.818. The lowest BCUT2D eigenvalue weighted by atomic mass is 9.74. The molecular formula is C35H46BrN3O8. The summed E-state index contributed by atoms with van der Waals surface area (Å²) in [6.07, 6.45) is 4.94. The fourth-order valence-corrected chi connectivity index (χ4v) is 8.24. The van der Waals surface area contributed by atoms with Crippen molar-refractivity contribution in [3.63, 3.8) is 0 Å². The Morgan fingerprint density at radius 1 is 1.09 bits per heavy atom. The Morgan fingerprint density at radius 2 is 1.81 bits per heavy atom. The number of carbonyl (C=O) groups is 4. The Kier molecular flexibility index (Phi) is 10.9. The number of methoxy groups -OCH3 is 1. The van der Waals surface area contributed by atoms with Crippen molar-refractivity contribution in [2.75, 3.05) is 26.9 Å². The summed E-state index contributed by atoms with van der Waals surface area (Å²) in [6.45, 7) is 7.66. The normalized spacial score (nSPS) is 33.4. The van der Waals surface area contributed by atoms with Crippen molar-refractivity contribution in [2.24, 2.45) is 17.8 Å². The van der Waals surface area contributed by atoms with Crippen molar-refractivity contribution >= 4 is 39.6 Å². The number of cyclic esters (lactones) is 1. The molecule has 4 aliphatic heterocycles. The predicted octanol–water partition coefficient (Wildman–Crippen LogP) is 3.27. The van der Waals surface area contributed by atoms with Gasteiger partial charge < -0.3 is 34.4 Å². The zero-order valence-corrected chi connectivity index (χ0v) is 29.2. The molecule has 0 aromatic heterocycles. The summed E-state index contributed by atoms with van der Waals surface area (Å²) in [5, 5.41) is 13.7. The Hall–Kier alpha value is -3.06. The van der Waals surface area contributed by atoms with Gasteiger partial charge in [-0.3, -0.25) is 19.2 Å². The van der Waals surface area contributed by atoms with Crippen LogP contribution in [0.4, 0.5) is 0 Å². The van der Waals surface area contributed by atoms with Crippen LogP contribution in [0.5, 0.6) is 0 Å². The summed E-state index contributed by atoms with van der Waals surface area (Å²) >= 11 is 3.60. The number of nitrogens with one attached hydrogen (secondary N) is 1. The molecule has 1 aromatic carbocycles. The number of ether oxygens (including phenoxy) is 3. The number of hydrogen-bond acceptors (Lipinski definition) is 8. The number of hydrogen-bond donors (Lipinski definition) is 2. The number of likely N-dealkylation sites (tertiary alicyclic amines) is 1. The maximum atomic E-state index is 14.7. The molecule has 12 heteroatoms. The van der Waals surface area contributed by atoms with E-state index in [0.29, 0.717) is 22.9 Å². The number of nitrogens with zero attached hydrogens (tertiary/aromatic N) is 2. The summed E-state index contributed by atoms with van der Waals surface area (Å²) in [5.74, 6) is -4.00. The highest BCUT2D eigenvalue weighted by Gasteiger charge is 2.75. The summed E-state index contributed by atoms with van der Waals surface area (Å²) in [4.78, 5) is 60.2. The molecule has 256 valence electrons. The van der Waals surface area contributed by atoms with Crippen LogP contribution in [-0.4, -0.2) is 101 Å². The summed E-state index contributed by atoms with van der Waals surface area (Å²) in [6, 6.07) is 6.32. The van der Waals surface area contributed by atoms with Gasteiger partial charge in [-0.2, -0.15) is 0 Å². The van der Waals surface area contributed by atoms with Gasteiger partial charge in [0.1, 0.15) is 29.8 Å². The molecule has 1 aromatic rings. The number of amides is 3. The quantitative estimate of drug-likeness (QED) is 0.310. The van der Waals surface area contributed by atoms with Crippen LogP contribution in [-0.2, 0) is 33.4 Å². The number of benzene rings is 1. The first-order valence-corrected chi connectivity index (χ1v) is 17.3. The Bertz CT molecular complexity index is 1400. The molecule has 4 heterocycles. The van der Waals surface area contributed by atoms with Crippen molar-refractivity contribution < 1.29 is 38.5 Å². The molecule has 0 radical (unpaired) electrons. The van der Waals surface area contributed by atoms with Gasteiger partial charge in [0.05, 0.1) is 31.2 Å². The SMILES string of the molecule is CC[C@H](C)[C@H](CO)N1C(=O)[C@H]2[C@@H]3C(=O)O[C@H](c4ccccc4)[C@@H](COC)NC(=O)CC/C=C\CN(C(C)C)C(=O)[C@H]1[C@@]21C=C(Br)[C@@H]3O1. The average molecular weight is 717 g/mol. The van der Waals surface area contributed by atoms with E-state index in [4.69, 9.17) is 14.2 Å². The topological polar surface area (TPSA) is 135 Å². The van der Waals surface area contributed by atoms with Gasteiger partial charge in [-0.1, -0.05) is 78.7 Å². The fraction of sp³-hybridized carbons (Fsp3) is 0.600. The number of aliphatic hydroxyl groups excluding tert-OH is 1. The second-order valence-electron chi connectivity index (χ2n) is 13.2. The lowest BCUT2D eigenvalue weighted by molar-refractivity contribution is -0.163. The van der Waals surface area contributed by atoms with Gasteiger partial charge in [0.15, 0.2) is 0 Å². The number of esters is 1. The Labute approximate surface area is 284 Å². The number of allylic oxidation sites excluding steroid dienone is 1. The lowest BCUT2D eigenvalue weighted by Gasteiger charge is -2.41. The summed E-state index contributed by atoms with van der Waals surface area (Å²) in [7, 11) is 1.51. The number of fused-ring (bicyclic) bond motifs is 2. The predicted molar refractivity (Wildman–Crippen MR) is 177 cm³/mol. The maximum Gasteiger partial charge on any atom is 0.313 e. The molecule has 2 saturated heterocycles. The first kappa shape index (κ1) is 35.3. The molecule has 3 amide bonds. The molecule has 2 N–H and O–H groups in total. The summed E-state index contributed by atoms with van der Waals surface area (Å²) < 4.78 is 19.0. The molecule has 9 atom stereocenters. The van der Waals surface area contributed by atoms with E-state index in [1.165, 1.54) is 12.0 Å². The molecule has 0 aliphatic carbocycles. The minimum atomic E-state index is -1.46. The highest BCUT2D eigenvalue weighted by atomic mass is 79.9. The van der Waals surface area contributed by atoms with Crippen molar-refractivity contribution in [3.05, 3.63) is 58.6 Å². The largest absolute Gasteiger partial charge is 0.455 e. The van der Waals surface area contributed by atoms with Gasteiger partial charge >= 0.3 is 5.97 Å². The molecule has 47 heavy (non-hydrogen) atoms. The van der Waals surface area contributed by atoms with Crippen LogP contribution in [0.2, 0.25) is 0 Å². The van der Waals surface area contributed by atoms with E-state index in [1.54, 1.807) is 11.0 Å². The van der Waals surface area contributed by atoms with Gasteiger partial charge in [0, 0.05) is 30.6 Å². The van der Waals surface area contributed by atoms with E-state index in [2.05, 4.69) is 21.2 Å². The number of halogens is 1. The second kappa shape index (κ2) is 14.6. The third-order valence-corrected chi connectivity index (χ3v) is 10.7. The smallest absolute Gasteiger partial charge is 0.313 e. The zero-order chi connectivity index (χ0) is 34.0. The van der Waals surface area contributed by atoms with E-state index in [1.807, 2.05) is 70.2 Å². The monoisotopic (exact) mass is 715 g/mol. The third kappa shape index (κ3) is 6.41. The van der Waals surface area contributed by atoms with E-state index >= 15 is 0 Å². The fourth-order valence-electron chi connectivity index (χ4n) is 7.50. The third-order valence-electron chi connectivity index (χ3n) is 10.1. The van der Waals surface area contributed by atoms with E-state index in [-0.39, 0.29) is 50.0 Å². The van der Waals surface area contributed by atoms with Crippen LogP contribution in [0, 0.1) is 17.8 Å². The van der Waals surface area contributed by atoms with Crippen LogP contribution in [0.1, 0.15) is 58.6 Å². The van der Waals surface area contributed by atoms with Gasteiger partial charge in [-0.25, -0.2) is 0 Å². The van der Waals surface area contributed by atoms with Gasteiger partial charge in [0.2, 0.25) is 17.7 Å². The first-order valence-electron chi connectivity index (χ1n) is 16.5. The molecule has 5 rings (SSSR count). The number of rotatable bonds is 8. The van der Waals surface area contributed by atoms with Crippen molar-refractivity contribution in [1.29, 1.82) is 0 Å². The molecule has 5 bridgehead atoms.